The number of aryl methyl sites for hydroxylation is 4. The van der Waals surface area contributed by atoms with Gasteiger partial charge in [-0.1, -0.05) is 12.1 Å². The Morgan fingerprint density at radius 1 is 0.967 bits per heavy atom. The lowest BCUT2D eigenvalue weighted by Crippen LogP contribution is -2.16. The summed E-state index contributed by atoms with van der Waals surface area (Å²) in [6.45, 7) is 7.74. The molecule has 0 aliphatic carbocycles. The second-order valence-electron chi connectivity index (χ2n) is 7.91. The monoisotopic (exact) mass is 401 g/mol. The molecule has 2 aromatic carbocycles. The highest BCUT2D eigenvalue weighted by Crippen LogP contribution is 2.27. The van der Waals surface area contributed by atoms with Gasteiger partial charge in [0.15, 0.2) is 0 Å². The second kappa shape index (κ2) is 7.75. The van der Waals surface area contributed by atoms with Gasteiger partial charge in [0.2, 0.25) is 5.91 Å². The van der Waals surface area contributed by atoms with Crippen molar-refractivity contribution in [3.8, 4) is 11.3 Å². The maximum Gasteiger partial charge on any atom is 0.230 e. The summed E-state index contributed by atoms with van der Waals surface area (Å²) in [5.41, 5.74) is 7.61. The molecule has 0 unspecified atom stereocenters. The number of hydrogen-bond acceptors (Lipinski definition) is 2. The first-order valence-electron chi connectivity index (χ1n) is 9.92. The molecule has 4 rings (SSSR count). The number of anilines is 1. The Hall–Kier alpha value is -3.47. The lowest BCUT2D eigenvalue weighted by molar-refractivity contribution is -0.115. The van der Waals surface area contributed by atoms with Gasteiger partial charge in [-0.2, -0.15) is 0 Å². The van der Waals surface area contributed by atoms with Gasteiger partial charge in [0.1, 0.15) is 11.5 Å². The molecule has 0 spiro atoms. The highest BCUT2D eigenvalue weighted by molar-refractivity contribution is 5.93. The number of carbonyl (C=O) groups excluding carboxylic acids is 1. The van der Waals surface area contributed by atoms with E-state index in [0.29, 0.717) is 11.3 Å². The average Bonchev–Trinajstić information content (AvgIpc) is 3.00. The molecular formula is C25H24FN3O. The predicted octanol–water partition coefficient (Wildman–Crippen LogP) is 5.56. The number of aromatic nitrogens is 2. The van der Waals surface area contributed by atoms with E-state index in [0.717, 1.165) is 39.3 Å². The fourth-order valence-electron chi connectivity index (χ4n) is 3.80. The molecule has 4 aromatic rings. The smallest absolute Gasteiger partial charge is 0.230 e. The Kier molecular flexibility index (Phi) is 5.12. The number of fused-ring (bicyclic) bond motifs is 1. The van der Waals surface area contributed by atoms with E-state index in [1.54, 1.807) is 19.1 Å². The van der Waals surface area contributed by atoms with Crippen molar-refractivity contribution in [1.82, 2.24) is 9.38 Å². The molecule has 1 N–H and O–H groups in total. The van der Waals surface area contributed by atoms with Crippen LogP contribution < -0.4 is 5.32 Å². The molecule has 0 saturated carbocycles. The zero-order chi connectivity index (χ0) is 21.4. The molecule has 0 atom stereocenters. The van der Waals surface area contributed by atoms with Crippen molar-refractivity contribution in [1.29, 1.82) is 0 Å². The van der Waals surface area contributed by atoms with Gasteiger partial charge >= 0.3 is 0 Å². The van der Waals surface area contributed by atoms with Crippen molar-refractivity contribution in [3.63, 3.8) is 0 Å². The van der Waals surface area contributed by atoms with Crippen LogP contribution in [0.5, 0.6) is 0 Å². The fourth-order valence-corrected chi connectivity index (χ4v) is 3.80. The van der Waals surface area contributed by atoms with Crippen LogP contribution in [0.15, 0.2) is 54.7 Å². The van der Waals surface area contributed by atoms with E-state index in [-0.39, 0.29) is 18.1 Å². The molecule has 0 fully saturated rings. The molecule has 5 heteroatoms. The van der Waals surface area contributed by atoms with E-state index >= 15 is 0 Å². The van der Waals surface area contributed by atoms with Gasteiger partial charge in [0.05, 0.1) is 17.8 Å². The highest BCUT2D eigenvalue weighted by Gasteiger charge is 2.18. The average molecular weight is 401 g/mol. The third-order valence-corrected chi connectivity index (χ3v) is 5.13. The zero-order valence-corrected chi connectivity index (χ0v) is 17.6. The Bertz CT molecular complexity index is 1250. The van der Waals surface area contributed by atoms with Crippen LogP contribution >= 0.6 is 0 Å². The first-order valence-corrected chi connectivity index (χ1v) is 9.92. The van der Waals surface area contributed by atoms with Gasteiger partial charge < -0.3 is 9.72 Å². The Morgan fingerprint density at radius 3 is 2.40 bits per heavy atom. The number of halogens is 1. The van der Waals surface area contributed by atoms with Gasteiger partial charge in [0, 0.05) is 17.4 Å². The largest absolute Gasteiger partial charge is 0.326 e. The van der Waals surface area contributed by atoms with Gasteiger partial charge in [-0.15, -0.1) is 0 Å². The summed E-state index contributed by atoms with van der Waals surface area (Å²) in [5, 5.41) is 3.00. The molecule has 2 heterocycles. The van der Waals surface area contributed by atoms with Crippen LogP contribution in [0.3, 0.4) is 0 Å². The van der Waals surface area contributed by atoms with E-state index in [1.807, 2.05) is 55.6 Å². The standard InChI is InChI=1S/C25H24FN3O/c1-15-5-8-23-28-25(19-6-7-21(26)18(4)12-19)22(29(23)14-15)13-24(30)27-20-10-16(2)9-17(3)11-20/h5-12,14H,13H2,1-4H3,(H,27,30). The van der Waals surface area contributed by atoms with Crippen molar-refractivity contribution >= 4 is 17.2 Å². The minimum absolute atomic E-state index is 0.122. The maximum atomic E-state index is 13.8. The molecule has 0 aliphatic heterocycles. The van der Waals surface area contributed by atoms with Crippen molar-refractivity contribution in [2.45, 2.75) is 34.1 Å². The van der Waals surface area contributed by atoms with Crippen molar-refractivity contribution in [3.05, 3.63) is 88.5 Å². The summed E-state index contributed by atoms with van der Waals surface area (Å²) in [5.74, 6) is -0.379. The maximum absolute atomic E-state index is 13.8. The number of imidazole rings is 1. The number of carbonyl (C=O) groups is 1. The van der Waals surface area contributed by atoms with Crippen LogP contribution in [-0.2, 0) is 11.2 Å². The van der Waals surface area contributed by atoms with Crippen LogP contribution in [0.4, 0.5) is 10.1 Å². The summed E-state index contributed by atoms with van der Waals surface area (Å²) in [4.78, 5) is 17.7. The SMILES string of the molecule is Cc1cc(C)cc(NC(=O)Cc2c(-c3ccc(F)c(C)c3)nc3ccc(C)cn23)c1. The first kappa shape index (κ1) is 19.8. The minimum atomic E-state index is -0.257. The minimum Gasteiger partial charge on any atom is -0.326 e. The first-order chi connectivity index (χ1) is 14.3. The molecule has 0 radical (unpaired) electrons. The number of nitrogens with zero attached hydrogens (tertiary/aromatic N) is 2. The lowest BCUT2D eigenvalue weighted by Gasteiger charge is -2.10. The van der Waals surface area contributed by atoms with Gasteiger partial charge in [-0.25, -0.2) is 9.37 Å². The van der Waals surface area contributed by atoms with Crippen molar-refractivity contribution in [2.75, 3.05) is 5.32 Å². The molecule has 0 bridgehead atoms. The quantitative estimate of drug-likeness (QED) is 0.487. The third-order valence-electron chi connectivity index (χ3n) is 5.13. The summed E-state index contributed by atoms with van der Waals surface area (Å²) in [6, 6.07) is 14.8. The van der Waals surface area contributed by atoms with E-state index in [2.05, 4.69) is 11.4 Å². The Balaban J connectivity index is 1.75. The zero-order valence-electron chi connectivity index (χ0n) is 17.6. The van der Waals surface area contributed by atoms with E-state index in [1.165, 1.54) is 6.07 Å². The number of pyridine rings is 1. The number of benzene rings is 2. The van der Waals surface area contributed by atoms with Crippen LogP contribution in [0.25, 0.3) is 16.9 Å². The van der Waals surface area contributed by atoms with Crippen LogP contribution in [0, 0.1) is 33.5 Å². The summed E-state index contributed by atoms with van der Waals surface area (Å²) in [6.07, 6.45) is 2.13. The molecule has 30 heavy (non-hydrogen) atoms. The Morgan fingerprint density at radius 2 is 1.70 bits per heavy atom. The summed E-state index contributed by atoms with van der Waals surface area (Å²) < 4.78 is 15.7. The van der Waals surface area contributed by atoms with Crippen LogP contribution in [-0.4, -0.2) is 15.3 Å². The molecule has 152 valence electrons. The van der Waals surface area contributed by atoms with Crippen molar-refractivity contribution < 1.29 is 9.18 Å². The highest BCUT2D eigenvalue weighted by atomic mass is 19.1. The predicted molar refractivity (Wildman–Crippen MR) is 118 cm³/mol. The summed E-state index contributed by atoms with van der Waals surface area (Å²) >= 11 is 0. The number of rotatable bonds is 4. The van der Waals surface area contributed by atoms with Gasteiger partial charge in [-0.3, -0.25) is 4.79 Å². The van der Waals surface area contributed by atoms with Crippen molar-refractivity contribution in [2.24, 2.45) is 0 Å². The molecule has 0 aliphatic rings. The number of nitrogens with one attached hydrogen (secondary N) is 1. The van der Waals surface area contributed by atoms with E-state index in [9.17, 15) is 9.18 Å². The third kappa shape index (κ3) is 3.96. The second-order valence-corrected chi connectivity index (χ2v) is 7.91. The van der Waals surface area contributed by atoms with Crippen LogP contribution in [0.2, 0.25) is 0 Å². The van der Waals surface area contributed by atoms with E-state index in [4.69, 9.17) is 4.98 Å². The molecule has 4 nitrogen and oxygen atoms in total. The fraction of sp³-hybridized carbons (Fsp3) is 0.200. The normalized spacial score (nSPS) is 11.1. The Labute approximate surface area is 175 Å². The lowest BCUT2D eigenvalue weighted by atomic mass is 10.1. The van der Waals surface area contributed by atoms with Crippen LogP contribution in [0.1, 0.15) is 27.9 Å². The van der Waals surface area contributed by atoms with Gasteiger partial charge in [-0.05, 0) is 86.3 Å². The van der Waals surface area contributed by atoms with E-state index < -0.39 is 0 Å². The van der Waals surface area contributed by atoms with Gasteiger partial charge in [0.25, 0.3) is 0 Å². The summed E-state index contributed by atoms with van der Waals surface area (Å²) in [7, 11) is 0. The topological polar surface area (TPSA) is 46.4 Å². The number of hydrogen-bond donors (Lipinski definition) is 1. The molecular weight excluding hydrogens is 377 g/mol. The number of amides is 1. The molecule has 1 amide bonds. The molecule has 0 saturated heterocycles. The molecule has 2 aromatic heterocycles.